The Bertz CT molecular complexity index is 697. The Hall–Kier alpha value is -1.56. The van der Waals surface area contributed by atoms with Crippen molar-refractivity contribution in [3.63, 3.8) is 0 Å². The van der Waals surface area contributed by atoms with Gasteiger partial charge in [0.2, 0.25) is 10.0 Å². The van der Waals surface area contributed by atoms with Crippen molar-refractivity contribution < 1.29 is 13.2 Å². The van der Waals surface area contributed by atoms with Gasteiger partial charge in [-0.3, -0.25) is 0 Å². The summed E-state index contributed by atoms with van der Waals surface area (Å²) < 4.78 is 31.2. The predicted octanol–water partition coefficient (Wildman–Crippen LogP) is 3.17. The highest BCUT2D eigenvalue weighted by atomic mass is 35.5. The largest absolute Gasteiger partial charge is 0.497 e. The van der Waals surface area contributed by atoms with Crippen molar-refractivity contribution in [3.8, 4) is 5.75 Å². The fourth-order valence-electron chi connectivity index (χ4n) is 1.86. The standard InChI is InChI=1S/C15H16ClNO3S/c1-17(11-12-3-7-14(20-2)8-4-12)21(18,19)15-9-5-13(16)6-10-15/h3-10H,11H2,1-2H3. The van der Waals surface area contributed by atoms with E-state index in [1.165, 1.54) is 16.4 Å². The van der Waals surface area contributed by atoms with Gasteiger partial charge in [-0.1, -0.05) is 23.7 Å². The van der Waals surface area contributed by atoms with E-state index in [0.717, 1.165) is 11.3 Å². The molecular weight excluding hydrogens is 310 g/mol. The molecule has 112 valence electrons. The number of nitrogens with zero attached hydrogens (tertiary/aromatic N) is 1. The highest BCUT2D eigenvalue weighted by Gasteiger charge is 2.20. The van der Waals surface area contributed by atoms with Crippen LogP contribution in [-0.2, 0) is 16.6 Å². The first-order valence-electron chi connectivity index (χ1n) is 6.28. The van der Waals surface area contributed by atoms with Crippen LogP contribution in [0, 0.1) is 0 Å². The molecule has 0 saturated heterocycles. The molecule has 0 amide bonds. The van der Waals surface area contributed by atoms with Crippen LogP contribution in [0.4, 0.5) is 0 Å². The van der Waals surface area contributed by atoms with Gasteiger partial charge < -0.3 is 4.74 Å². The van der Waals surface area contributed by atoms with E-state index in [1.807, 2.05) is 12.1 Å². The molecule has 0 heterocycles. The van der Waals surface area contributed by atoms with Crippen LogP contribution in [0.3, 0.4) is 0 Å². The lowest BCUT2D eigenvalue weighted by molar-refractivity contribution is 0.414. The summed E-state index contributed by atoms with van der Waals surface area (Å²) in [6.07, 6.45) is 0. The maximum Gasteiger partial charge on any atom is 0.243 e. The lowest BCUT2D eigenvalue weighted by Gasteiger charge is -2.17. The summed E-state index contributed by atoms with van der Waals surface area (Å²) in [6.45, 7) is 0.287. The van der Waals surface area contributed by atoms with E-state index in [9.17, 15) is 8.42 Å². The van der Waals surface area contributed by atoms with Gasteiger partial charge in [0.05, 0.1) is 12.0 Å². The quantitative estimate of drug-likeness (QED) is 0.848. The highest BCUT2D eigenvalue weighted by Crippen LogP contribution is 2.20. The van der Waals surface area contributed by atoms with Crippen molar-refractivity contribution in [3.05, 3.63) is 59.1 Å². The third-order valence-corrected chi connectivity index (χ3v) is 5.16. The lowest BCUT2D eigenvalue weighted by Crippen LogP contribution is -2.26. The molecule has 2 aromatic rings. The van der Waals surface area contributed by atoms with Gasteiger partial charge in [0.15, 0.2) is 0 Å². The normalized spacial score (nSPS) is 11.6. The minimum atomic E-state index is -3.53. The van der Waals surface area contributed by atoms with Crippen LogP contribution in [0.1, 0.15) is 5.56 Å². The number of sulfonamides is 1. The molecule has 6 heteroatoms. The maximum absolute atomic E-state index is 12.4. The Kier molecular flexibility index (Phi) is 4.88. The Morgan fingerprint density at radius 3 is 2.14 bits per heavy atom. The third-order valence-electron chi connectivity index (χ3n) is 3.09. The van der Waals surface area contributed by atoms with E-state index in [1.54, 1.807) is 38.4 Å². The summed E-state index contributed by atoms with van der Waals surface area (Å²) in [7, 11) is -0.387. The van der Waals surface area contributed by atoms with Gasteiger partial charge in [-0.25, -0.2) is 8.42 Å². The monoisotopic (exact) mass is 325 g/mol. The van der Waals surface area contributed by atoms with Crippen LogP contribution in [0.15, 0.2) is 53.4 Å². The summed E-state index contributed by atoms with van der Waals surface area (Å²) in [4.78, 5) is 0.225. The minimum Gasteiger partial charge on any atom is -0.497 e. The van der Waals surface area contributed by atoms with Crippen molar-refractivity contribution >= 4 is 21.6 Å². The fourth-order valence-corrected chi connectivity index (χ4v) is 3.14. The molecule has 0 aliphatic carbocycles. The number of ether oxygens (including phenoxy) is 1. The van der Waals surface area contributed by atoms with Crippen LogP contribution in [0.5, 0.6) is 5.75 Å². The molecule has 0 aliphatic rings. The maximum atomic E-state index is 12.4. The van der Waals surface area contributed by atoms with E-state index >= 15 is 0 Å². The summed E-state index contributed by atoms with van der Waals surface area (Å²) in [5.74, 6) is 0.738. The number of hydrogen-bond donors (Lipinski definition) is 0. The average molecular weight is 326 g/mol. The molecule has 0 fully saturated rings. The zero-order valence-corrected chi connectivity index (χ0v) is 13.4. The molecule has 0 unspecified atom stereocenters. The van der Waals surface area contributed by atoms with Crippen LogP contribution in [-0.4, -0.2) is 26.9 Å². The van der Waals surface area contributed by atoms with Gasteiger partial charge in [-0.05, 0) is 42.0 Å². The predicted molar refractivity (Wildman–Crippen MR) is 83.1 cm³/mol. The van der Waals surface area contributed by atoms with Crippen molar-refractivity contribution in [2.24, 2.45) is 0 Å². The Morgan fingerprint density at radius 1 is 1.05 bits per heavy atom. The van der Waals surface area contributed by atoms with Gasteiger partial charge in [-0.15, -0.1) is 0 Å². The van der Waals surface area contributed by atoms with Gasteiger partial charge in [0.1, 0.15) is 5.75 Å². The molecule has 0 N–H and O–H groups in total. The second kappa shape index (κ2) is 6.47. The number of benzene rings is 2. The van der Waals surface area contributed by atoms with Gasteiger partial charge in [0, 0.05) is 18.6 Å². The van der Waals surface area contributed by atoms with E-state index < -0.39 is 10.0 Å². The van der Waals surface area contributed by atoms with Gasteiger partial charge in [0.25, 0.3) is 0 Å². The van der Waals surface area contributed by atoms with Crippen LogP contribution in [0.2, 0.25) is 5.02 Å². The topological polar surface area (TPSA) is 46.6 Å². The molecule has 4 nitrogen and oxygen atoms in total. The number of rotatable bonds is 5. The van der Waals surface area contributed by atoms with E-state index in [4.69, 9.17) is 16.3 Å². The molecule has 0 radical (unpaired) electrons. The van der Waals surface area contributed by atoms with Crippen molar-refractivity contribution in [1.82, 2.24) is 4.31 Å². The van der Waals surface area contributed by atoms with Crippen LogP contribution >= 0.6 is 11.6 Å². The van der Waals surface area contributed by atoms with Crippen LogP contribution in [0.25, 0.3) is 0 Å². The number of methoxy groups -OCH3 is 1. The zero-order valence-electron chi connectivity index (χ0n) is 11.8. The smallest absolute Gasteiger partial charge is 0.243 e. The number of halogens is 1. The second-order valence-corrected chi connectivity index (χ2v) is 7.04. The molecule has 0 aliphatic heterocycles. The molecule has 0 spiro atoms. The Balaban J connectivity index is 2.17. The van der Waals surface area contributed by atoms with Crippen molar-refractivity contribution in [2.75, 3.05) is 14.2 Å². The fraction of sp³-hybridized carbons (Fsp3) is 0.200. The van der Waals surface area contributed by atoms with Crippen molar-refractivity contribution in [1.29, 1.82) is 0 Å². The molecule has 21 heavy (non-hydrogen) atoms. The average Bonchev–Trinajstić information content (AvgIpc) is 2.48. The molecule has 2 rings (SSSR count). The van der Waals surface area contributed by atoms with Crippen molar-refractivity contribution in [2.45, 2.75) is 11.4 Å². The SMILES string of the molecule is COc1ccc(CN(C)S(=O)(=O)c2ccc(Cl)cc2)cc1. The highest BCUT2D eigenvalue weighted by molar-refractivity contribution is 7.89. The second-order valence-electron chi connectivity index (χ2n) is 4.56. The molecular formula is C15H16ClNO3S. The third kappa shape index (κ3) is 3.75. The number of hydrogen-bond acceptors (Lipinski definition) is 3. The Labute approximate surface area is 130 Å². The molecule has 0 aromatic heterocycles. The minimum absolute atomic E-state index is 0.225. The summed E-state index contributed by atoms with van der Waals surface area (Å²) in [5, 5.41) is 0.506. The molecule has 0 bridgehead atoms. The lowest BCUT2D eigenvalue weighted by atomic mass is 10.2. The van der Waals surface area contributed by atoms with Gasteiger partial charge >= 0.3 is 0 Å². The van der Waals surface area contributed by atoms with E-state index in [-0.39, 0.29) is 11.4 Å². The first-order valence-corrected chi connectivity index (χ1v) is 8.10. The molecule has 0 atom stereocenters. The molecule has 0 saturated carbocycles. The van der Waals surface area contributed by atoms with E-state index in [0.29, 0.717) is 5.02 Å². The molecule has 2 aromatic carbocycles. The van der Waals surface area contributed by atoms with Gasteiger partial charge in [-0.2, -0.15) is 4.31 Å². The summed E-state index contributed by atoms with van der Waals surface area (Å²) in [5.41, 5.74) is 0.885. The Morgan fingerprint density at radius 2 is 1.62 bits per heavy atom. The zero-order chi connectivity index (χ0) is 15.5. The first-order chi connectivity index (χ1) is 9.93. The first kappa shape index (κ1) is 15.8. The summed E-state index contributed by atoms with van der Waals surface area (Å²) in [6, 6.07) is 13.4. The summed E-state index contributed by atoms with van der Waals surface area (Å²) >= 11 is 5.78. The van der Waals surface area contributed by atoms with E-state index in [2.05, 4.69) is 0 Å². The van der Waals surface area contributed by atoms with Crippen LogP contribution < -0.4 is 4.74 Å².